The van der Waals surface area contributed by atoms with Gasteiger partial charge in [0.25, 0.3) is 0 Å². The third-order valence-corrected chi connectivity index (χ3v) is 13.8. The first-order chi connectivity index (χ1) is 32.4. The Balaban J connectivity index is 1.31. The van der Waals surface area contributed by atoms with E-state index in [1.165, 1.54) is 109 Å². The zero-order valence-electron chi connectivity index (χ0n) is 39.9. The lowest BCUT2D eigenvalue weighted by atomic mass is 9.97. The Morgan fingerprint density at radius 3 is 1.35 bits per heavy atom. The van der Waals surface area contributed by atoms with E-state index in [2.05, 4.69) is 48.1 Å². The van der Waals surface area contributed by atoms with E-state index < -0.39 is 12.2 Å². The van der Waals surface area contributed by atoms with E-state index in [4.69, 9.17) is 9.97 Å². The number of benzene rings is 2. The molecular weight excluding hydrogens is 817 g/mol. The number of H-pyrrole nitrogens is 2. The number of hydrogen-bond acceptors (Lipinski definition) is 6. The van der Waals surface area contributed by atoms with Crippen LogP contribution < -0.4 is 0 Å². The molecule has 2 atom stereocenters. The number of aromatic nitrogens is 4. The van der Waals surface area contributed by atoms with Crippen LogP contribution in [-0.4, -0.2) is 40.4 Å². The summed E-state index contributed by atoms with van der Waals surface area (Å²) in [7, 11) is 0. The first kappa shape index (κ1) is 48.7. The van der Waals surface area contributed by atoms with Crippen LogP contribution in [0.25, 0.3) is 56.5 Å². The molecule has 7 rings (SSSR count). The molecule has 8 nitrogen and oxygen atoms in total. The highest BCUT2D eigenvalue weighted by molar-refractivity contribution is 5.92. The summed E-state index contributed by atoms with van der Waals surface area (Å²) in [5.41, 5.74) is 10.8. The smallest absolute Gasteiger partial charge is 0.128 e. The summed E-state index contributed by atoms with van der Waals surface area (Å²) in [6, 6.07) is 22.6. The second-order valence-corrected chi connectivity index (χ2v) is 18.9. The van der Waals surface area contributed by atoms with Gasteiger partial charge < -0.3 is 30.4 Å². The molecular formula is C58H76N4O4. The predicted molar refractivity (Wildman–Crippen MR) is 274 cm³/mol. The number of aromatic amines is 2. The van der Waals surface area contributed by atoms with Crippen LogP contribution in [0.5, 0.6) is 11.5 Å². The Morgan fingerprint density at radius 2 is 0.833 bits per heavy atom. The van der Waals surface area contributed by atoms with Gasteiger partial charge in [-0.05, 0) is 103 Å². The number of aryl methyl sites for hydroxylation is 2. The molecule has 0 saturated carbocycles. The van der Waals surface area contributed by atoms with E-state index >= 15 is 0 Å². The van der Waals surface area contributed by atoms with Crippen LogP contribution in [0.4, 0.5) is 0 Å². The Labute approximate surface area is 393 Å². The molecule has 0 saturated heterocycles. The molecule has 0 spiro atoms. The minimum absolute atomic E-state index is 0.107. The van der Waals surface area contributed by atoms with Crippen LogP contribution in [0.3, 0.4) is 0 Å². The largest absolute Gasteiger partial charge is 0.508 e. The van der Waals surface area contributed by atoms with Crippen molar-refractivity contribution in [2.75, 3.05) is 0 Å². The SMILES string of the molecule is CCCCCCCCCCCCCc1c2nc(c(-c3cccc(O)c3)c3ccc([nH]3)c(CCCCCCCCCCCCC)c3nc(c(-c4cccc(O)c4)c4ccc1[nH]4)C(O)[C@H]3O)C=C2. The summed E-state index contributed by atoms with van der Waals surface area (Å²) >= 11 is 0. The first-order valence-electron chi connectivity index (χ1n) is 25.8. The molecule has 0 amide bonds. The number of fused-ring (bicyclic) bond motifs is 8. The van der Waals surface area contributed by atoms with Gasteiger partial charge in [-0.15, -0.1) is 0 Å². The third-order valence-electron chi connectivity index (χ3n) is 13.8. The highest BCUT2D eigenvalue weighted by Crippen LogP contribution is 2.42. The zero-order chi connectivity index (χ0) is 46.1. The van der Waals surface area contributed by atoms with E-state index in [9.17, 15) is 20.4 Å². The minimum atomic E-state index is -1.30. The maximum absolute atomic E-state index is 12.1. The fourth-order valence-electron chi connectivity index (χ4n) is 10.1. The average Bonchev–Trinajstić information content (AvgIpc) is 4.15. The van der Waals surface area contributed by atoms with E-state index in [1.807, 2.05) is 30.3 Å². The molecule has 2 aromatic carbocycles. The standard InChI is InChI=1S/C58H76N4O4/c1-3-5-7-9-11-13-15-17-19-21-23-31-45-47-33-36-50(59-47)53(41-27-25-29-43(63)39-41)51-37-35-49(61-51)46(32-24-22-20-18-16-14-12-10-8-6-4-2)55-57(65)58(66)56(62-55)54(52-38-34-48(45)60-52)42-28-26-30-44(64)40-42/h25-30,33-40,57-58,60-61,63-66H,3-24,31-32H2,1-2H3/t57-,58?/m0/s1. The Bertz CT molecular complexity index is 2520. The van der Waals surface area contributed by atoms with Crippen LogP contribution in [0.1, 0.15) is 201 Å². The van der Waals surface area contributed by atoms with Crippen molar-refractivity contribution in [1.82, 2.24) is 19.9 Å². The van der Waals surface area contributed by atoms with Crippen LogP contribution in [0.2, 0.25) is 0 Å². The van der Waals surface area contributed by atoms with Crippen molar-refractivity contribution in [1.29, 1.82) is 0 Å². The van der Waals surface area contributed by atoms with Crippen molar-refractivity contribution in [3.05, 3.63) is 107 Å². The minimum Gasteiger partial charge on any atom is -0.508 e. The van der Waals surface area contributed by atoms with Gasteiger partial charge in [0.05, 0.1) is 22.8 Å². The number of nitrogens with zero attached hydrogens (tertiary/aromatic N) is 2. The number of hydrogen-bond donors (Lipinski definition) is 6. The Hall–Kier alpha value is -5.18. The number of phenolic OH excluding ortho intramolecular Hbond substituents is 2. The van der Waals surface area contributed by atoms with Crippen molar-refractivity contribution in [2.45, 2.75) is 180 Å². The molecule has 5 aromatic rings. The predicted octanol–water partition coefficient (Wildman–Crippen LogP) is 15.7. The van der Waals surface area contributed by atoms with Crippen LogP contribution in [0.15, 0.2) is 72.8 Å². The van der Waals surface area contributed by atoms with Crippen molar-refractivity contribution in [3.8, 4) is 33.8 Å². The lowest BCUT2D eigenvalue weighted by Gasteiger charge is -2.13. The van der Waals surface area contributed by atoms with Gasteiger partial charge in [-0.25, -0.2) is 4.98 Å². The van der Waals surface area contributed by atoms with E-state index in [1.54, 1.807) is 30.3 Å². The summed E-state index contributed by atoms with van der Waals surface area (Å²) in [6.07, 6.45) is 30.5. The molecule has 5 heterocycles. The van der Waals surface area contributed by atoms with Crippen molar-refractivity contribution in [2.24, 2.45) is 0 Å². The summed E-state index contributed by atoms with van der Waals surface area (Å²) in [5, 5.41) is 45.6. The fourth-order valence-corrected chi connectivity index (χ4v) is 10.1. The number of aromatic hydroxyl groups is 2. The maximum atomic E-state index is 12.1. The summed E-state index contributed by atoms with van der Waals surface area (Å²) < 4.78 is 0. The zero-order valence-corrected chi connectivity index (χ0v) is 39.9. The van der Waals surface area contributed by atoms with Crippen molar-refractivity contribution in [3.63, 3.8) is 0 Å². The molecule has 6 N–H and O–H groups in total. The third kappa shape index (κ3) is 12.8. The molecule has 352 valence electrons. The number of nitrogens with one attached hydrogen (secondary N) is 2. The molecule has 0 fully saturated rings. The van der Waals surface area contributed by atoms with Crippen LogP contribution >= 0.6 is 0 Å². The number of phenols is 2. The summed E-state index contributed by atoms with van der Waals surface area (Å²) in [5.74, 6) is 0.284. The molecule has 0 aliphatic carbocycles. The second-order valence-electron chi connectivity index (χ2n) is 18.9. The first-order valence-corrected chi connectivity index (χ1v) is 25.8. The van der Waals surface area contributed by atoms with Crippen molar-refractivity contribution >= 4 is 34.2 Å². The fraction of sp³-hybridized carbons (Fsp3) is 0.483. The molecule has 2 aliphatic heterocycles. The quantitative estimate of drug-likeness (QED) is 0.0300. The van der Waals surface area contributed by atoms with Gasteiger partial charge >= 0.3 is 0 Å². The van der Waals surface area contributed by atoms with E-state index in [0.717, 1.165) is 94.2 Å². The molecule has 3 aromatic heterocycles. The van der Waals surface area contributed by atoms with Crippen molar-refractivity contribution < 1.29 is 20.4 Å². The molecule has 1 unspecified atom stereocenters. The van der Waals surface area contributed by atoms with Gasteiger partial charge in [-0.2, -0.15) is 0 Å². The van der Waals surface area contributed by atoms with Gasteiger partial charge in [0, 0.05) is 38.8 Å². The molecule has 2 aliphatic rings. The second kappa shape index (κ2) is 25.1. The topological polar surface area (TPSA) is 138 Å². The van der Waals surface area contributed by atoms with Gasteiger partial charge in [-0.1, -0.05) is 167 Å². The van der Waals surface area contributed by atoms with Crippen LogP contribution in [0, 0.1) is 0 Å². The van der Waals surface area contributed by atoms with Gasteiger partial charge in [-0.3, -0.25) is 4.98 Å². The Morgan fingerprint density at radius 1 is 0.424 bits per heavy atom. The highest BCUT2D eigenvalue weighted by Gasteiger charge is 2.34. The van der Waals surface area contributed by atoms with E-state index in [-0.39, 0.29) is 11.5 Å². The summed E-state index contributed by atoms with van der Waals surface area (Å²) in [4.78, 5) is 18.0. The van der Waals surface area contributed by atoms with Gasteiger partial charge in [0.2, 0.25) is 0 Å². The number of rotatable bonds is 26. The van der Waals surface area contributed by atoms with Gasteiger partial charge in [0.1, 0.15) is 23.7 Å². The normalized spacial score (nSPS) is 14.7. The number of aliphatic hydroxyl groups excluding tert-OH is 2. The molecule has 0 radical (unpaired) electrons. The highest BCUT2D eigenvalue weighted by atomic mass is 16.3. The monoisotopic (exact) mass is 893 g/mol. The maximum Gasteiger partial charge on any atom is 0.128 e. The lowest BCUT2D eigenvalue weighted by Crippen LogP contribution is -2.06. The molecule has 8 heteroatoms. The molecule has 8 bridgehead atoms. The number of unbranched alkanes of at least 4 members (excludes halogenated alkanes) is 20. The average molecular weight is 893 g/mol. The lowest BCUT2D eigenvalue weighted by molar-refractivity contribution is 0.0252. The van der Waals surface area contributed by atoms with Crippen LogP contribution in [-0.2, 0) is 12.8 Å². The van der Waals surface area contributed by atoms with E-state index in [0.29, 0.717) is 28.9 Å². The summed E-state index contributed by atoms with van der Waals surface area (Å²) in [6.45, 7) is 4.53. The van der Waals surface area contributed by atoms with Gasteiger partial charge in [0.15, 0.2) is 0 Å². The molecule has 66 heavy (non-hydrogen) atoms. The number of aliphatic hydroxyl groups is 2. The Kier molecular flexibility index (Phi) is 18.5.